The van der Waals surface area contributed by atoms with Crippen LogP contribution in [0.4, 0.5) is 0 Å². The van der Waals surface area contributed by atoms with E-state index in [1.807, 2.05) is 0 Å². The van der Waals surface area contributed by atoms with E-state index in [4.69, 9.17) is 34.8 Å². The number of nitrogens with zero attached hydrogens (tertiary/aromatic N) is 2. The lowest BCUT2D eigenvalue weighted by atomic mass is 10.2. The number of benzene rings is 1. The molecule has 0 saturated carbocycles. The summed E-state index contributed by atoms with van der Waals surface area (Å²) in [5, 5.41) is 2.40. The molecule has 1 fully saturated rings. The maximum Gasteiger partial charge on any atom is 0.256 e. The third-order valence-electron chi connectivity index (χ3n) is 3.79. The highest BCUT2D eigenvalue weighted by Crippen LogP contribution is 2.27. The summed E-state index contributed by atoms with van der Waals surface area (Å²) >= 11 is 17.1. The van der Waals surface area contributed by atoms with E-state index in [9.17, 15) is 13.2 Å². The van der Waals surface area contributed by atoms with E-state index in [0.717, 1.165) is 19.3 Å². The van der Waals surface area contributed by atoms with Gasteiger partial charge in [0, 0.05) is 25.7 Å². The van der Waals surface area contributed by atoms with Crippen molar-refractivity contribution in [3.8, 4) is 0 Å². The van der Waals surface area contributed by atoms with Gasteiger partial charge in [0.1, 0.15) is 0 Å². The first kappa shape index (κ1) is 20.5. The molecule has 1 amide bonds. The third-order valence-corrected chi connectivity index (χ3v) is 6.24. The van der Waals surface area contributed by atoms with E-state index >= 15 is 0 Å². The zero-order valence-electron chi connectivity index (χ0n) is 13.5. The fraction of sp³-hybridized carbons (Fsp3) is 0.467. The Labute approximate surface area is 162 Å². The maximum atomic E-state index is 12.6. The van der Waals surface area contributed by atoms with Crippen LogP contribution in [0, 0.1) is 0 Å². The van der Waals surface area contributed by atoms with Gasteiger partial charge in [-0.25, -0.2) is 8.42 Å². The summed E-state index contributed by atoms with van der Waals surface area (Å²) in [4.78, 5) is 16.1. The number of piperidine rings is 1. The van der Waals surface area contributed by atoms with Gasteiger partial charge < -0.3 is 5.32 Å². The first-order valence-corrected chi connectivity index (χ1v) is 10.2. The molecule has 0 aliphatic carbocycles. The molecule has 1 aromatic carbocycles. The molecule has 138 valence electrons. The van der Waals surface area contributed by atoms with Crippen LogP contribution in [0.1, 0.15) is 29.6 Å². The van der Waals surface area contributed by atoms with E-state index in [1.165, 1.54) is 35.6 Å². The van der Waals surface area contributed by atoms with Crippen molar-refractivity contribution in [2.45, 2.75) is 28.0 Å². The molecule has 0 bridgehead atoms. The SMILES string of the molecule is CN=C(NC(=O)c1ccc(S(=O)(=O)N2CCCCC2)cc1)C(Cl)(Cl)Cl. The number of halogens is 3. The molecule has 1 aliphatic heterocycles. The van der Waals surface area contributed by atoms with Crippen LogP contribution in [0.15, 0.2) is 34.2 Å². The lowest BCUT2D eigenvalue weighted by molar-refractivity contribution is 0.0976. The summed E-state index contributed by atoms with van der Waals surface area (Å²) in [5.74, 6) is -0.665. The van der Waals surface area contributed by atoms with E-state index in [2.05, 4.69) is 10.3 Å². The smallest absolute Gasteiger partial charge is 0.256 e. The third kappa shape index (κ3) is 5.08. The molecular weight excluding hydrogens is 409 g/mol. The van der Waals surface area contributed by atoms with E-state index in [-0.39, 0.29) is 16.3 Å². The zero-order chi connectivity index (χ0) is 18.7. The summed E-state index contributed by atoms with van der Waals surface area (Å²) in [6, 6.07) is 5.63. The Balaban J connectivity index is 2.15. The zero-order valence-corrected chi connectivity index (χ0v) is 16.6. The van der Waals surface area contributed by atoms with Gasteiger partial charge in [0.15, 0.2) is 5.84 Å². The molecule has 25 heavy (non-hydrogen) atoms. The molecule has 6 nitrogen and oxygen atoms in total. The maximum absolute atomic E-state index is 12.6. The van der Waals surface area contributed by atoms with Crippen LogP contribution in [0.5, 0.6) is 0 Å². The van der Waals surface area contributed by atoms with Crippen LogP contribution in [-0.4, -0.2) is 48.4 Å². The number of hydrogen-bond donors (Lipinski definition) is 1. The monoisotopic (exact) mass is 425 g/mol. The second-order valence-corrected chi connectivity index (χ2v) is 9.73. The summed E-state index contributed by atoms with van der Waals surface area (Å²) < 4.78 is 24.8. The predicted molar refractivity (Wildman–Crippen MR) is 100 cm³/mol. The predicted octanol–water partition coefficient (Wildman–Crippen LogP) is 2.99. The van der Waals surface area contributed by atoms with Crippen LogP contribution < -0.4 is 5.32 Å². The first-order chi connectivity index (χ1) is 11.7. The Morgan fingerprint density at radius 1 is 1.12 bits per heavy atom. The van der Waals surface area contributed by atoms with Crippen LogP contribution >= 0.6 is 34.8 Å². The van der Waals surface area contributed by atoms with Gasteiger partial charge in [-0.15, -0.1) is 0 Å². The van der Waals surface area contributed by atoms with Gasteiger partial charge in [0.2, 0.25) is 13.8 Å². The molecule has 1 N–H and O–H groups in total. The molecule has 1 heterocycles. The normalized spacial score (nSPS) is 17.4. The van der Waals surface area contributed by atoms with Gasteiger partial charge in [-0.3, -0.25) is 9.79 Å². The van der Waals surface area contributed by atoms with Gasteiger partial charge in [0.05, 0.1) is 4.90 Å². The van der Waals surface area contributed by atoms with E-state index < -0.39 is 19.7 Å². The highest BCUT2D eigenvalue weighted by molar-refractivity contribution is 7.89. The summed E-state index contributed by atoms with van der Waals surface area (Å²) in [7, 11) is -2.16. The number of amidine groups is 1. The summed E-state index contributed by atoms with van der Waals surface area (Å²) in [6.45, 7) is 1.04. The standard InChI is InChI=1S/C15H18Cl3N3O3S/c1-19-14(15(16,17)18)20-13(22)11-5-7-12(8-6-11)25(23,24)21-9-3-2-4-10-21/h5-8H,2-4,9-10H2,1H3,(H,19,20,22). The Morgan fingerprint density at radius 3 is 2.16 bits per heavy atom. The average molecular weight is 427 g/mol. The number of carbonyl (C=O) groups is 1. The molecule has 2 rings (SSSR count). The number of hydrogen-bond acceptors (Lipinski definition) is 4. The molecule has 0 spiro atoms. The van der Waals surface area contributed by atoms with E-state index in [1.54, 1.807) is 0 Å². The van der Waals surface area contributed by atoms with Crippen LogP contribution in [0.3, 0.4) is 0 Å². The van der Waals surface area contributed by atoms with Gasteiger partial charge in [-0.1, -0.05) is 41.2 Å². The molecule has 10 heteroatoms. The van der Waals surface area contributed by atoms with Crippen LogP contribution in [0.25, 0.3) is 0 Å². The molecule has 0 radical (unpaired) electrons. The van der Waals surface area contributed by atoms with Gasteiger partial charge in [-0.2, -0.15) is 4.31 Å². The number of carbonyl (C=O) groups excluding carboxylic acids is 1. The lowest BCUT2D eigenvalue weighted by Crippen LogP contribution is -2.39. The van der Waals surface area contributed by atoms with Crippen molar-refractivity contribution in [2.75, 3.05) is 20.1 Å². The average Bonchev–Trinajstić information content (AvgIpc) is 2.59. The molecule has 1 aliphatic rings. The summed E-state index contributed by atoms with van der Waals surface area (Å²) in [6.07, 6.45) is 2.75. The Morgan fingerprint density at radius 2 is 1.68 bits per heavy atom. The number of alkyl halides is 3. The Kier molecular flexibility index (Phi) is 6.73. The molecule has 1 saturated heterocycles. The number of sulfonamides is 1. The quantitative estimate of drug-likeness (QED) is 0.458. The fourth-order valence-corrected chi connectivity index (χ4v) is 4.38. The lowest BCUT2D eigenvalue weighted by Gasteiger charge is -2.25. The van der Waals surface area contributed by atoms with Crippen molar-refractivity contribution < 1.29 is 13.2 Å². The molecule has 0 aromatic heterocycles. The van der Waals surface area contributed by atoms with Crippen molar-refractivity contribution in [3.05, 3.63) is 29.8 Å². The largest absolute Gasteiger partial charge is 0.307 e. The second kappa shape index (κ2) is 8.22. The van der Waals surface area contributed by atoms with Gasteiger partial charge >= 0.3 is 0 Å². The van der Waals surface area contributed by atoms with Crippen molar-refractivity contribution in [2.24, 2.45) is 4.99 Å². The molecule has 0 unspecified atom stereocenters. The number of rotatable bonds is 3. The Bertz CT molecular complexity index is 752. The van der Waals surface area contributed by atoms with Crippen LogP contribution in [-0.2, 0) is 10.0 Å². The molecule has 0 atom stereocenters. The minimum atomic E-state index is -3.54. The summed E-state index contributed by atoms with van der Waals surface area (Å²) in [5.41, 5.74) is 0.230. The topological polar surface area (TPSA) is 78.8 Å². The van der Waals surface area contributed by atoms with Crippen LogP contribution in [0.2, 0.25) is 0 Å². The van der Waals surface area contributed by atoms with E-state index in [0.29, 0.717) is 13.1 Å². The fourth-order valence-electron chi connectivity index (χ4n) is 2.47. The minimum absolute atomic E-state index is 0.118. The highest BCUT2D eigenvalue weighted by Gasteiger charge is 2.30. The molecule has 1 aromatic rings. The minimum Gasteiger partial charge on any atom is -0.307 e. The second-order valence-electron chi connectivity index (χ2n) is 5.51. The number of aliphatic imine (C=N–C) groups is 1. The number of amides is 1. The molecular formula is C15H18Cl3N3O3S. The Hall–Kier alpha value is -0.860. The highest BCUT2D eigenvalue weighted by atomic mass is 35.6. The first-order valence-electron chi connectivity index (χ1n) is 7.62. The van der Waals surface area contributed by atoms with Gasteiger partial charge in [-0.05, 0) is 37.1 Å². The number of nitrogens with one attached hydrogen (secondary N) is 1. The van der Waals surface area contributed by atoms with Crippen molar-refractivity contribution >= 4 is 56.6 Å². The van der Waals surface area contributed by atoms with Crippen molar-refractivity contribution in [1.29, 1.82) is 0 Å². The van der Waals surface area contributed by atoms with Crippen molar-refractivity contribution in [1.82, 2.24) is 9.62 Å². The van der Waals surface area contributed by atoms with Crippen molar-refractivity contribution in [3.63, 3.8) is 0 Å². The van der Waals surface area contributed by atoms with Gasteiger partial charge in [0.25, 0.3) is 5.91 Å².